The Bertz CT molecular complexity index is 655. The van der Waals surface area contributed by atoms with Crippen LogP contribution in [0.25, 0.3) is 10.8 Å². The van der Waals surface area contributed by atoms with Crippen molar-refractivity contribution >= 4 is 10.8 Å². The molecule has 1 fully saturated rings. The van der Waals surface area contributed by atoms with E-state index in [1.807, 2.05) is 32.0 Å². The van der Waals surface area contributed by atoms with Gasteiger partial charge in [0.2, 0.25) is 0 Å². The van der Waals surface area contributed by atoms with Gasteiger partial charge >= 0.3 is 0 Å². The van der Waals surface area contributed by atoms with Crippen molar-refractivity contribution in [3.8, 4) is 0 Å². The van der Waals surface area contributed by atoms with Crippen LogP contribution < -0.4 is 0 Å². The molecular weight excluding hydrogens is 267 g/mol. The van der Waals surface area contributed by atoms with Crippen molar-refractivity contribution in [1.29, 1.82) is 0 Å². The van der Waals surface area contributed by atoms with Crippen LogP contribution in [0.2, 0.25) is 0 Å². The summed E-state index contributed by atoms with van der Waals surface area (Å²) >= 11 is 0. The van der Waals surface area contributed by atoms with Gasteiger partial charge in [-0.2, -0.15) is 0 Å². The SMILES string of the molecule is CC1OC(C)C(C(O)c2ccc(F)c3ccccc23)C1C. The number of ether oxygens (including phenoxy) is 1. The number of hydrogen-bond acceptors (Lipinski definition) is 2. The first kappa shape index (κ1) is 14.5. The number of aliphatic hydroxyl groups excluding tert-OH is 1. The van der Waals surface area contributed by atoms with Crippen LogP contribution in [0.3, 0.4) is 0 Å². The van der Waals surface area contributed by atoms with Crippen molar-refractivity contribution in [2.75, 3.05) is 0 Å². The molecule has 0 bridgehead atoms. The third-order valence-electron chi connectivity index (χ3n) is 4.91. The van der Waals surface area contributed by atoms with Crippen LogP contribution in [-0.4, -0.2) is 17.3 Å². The highest BCUT2D eigenvalue weighted by Crippen LogP contribution is 2.42. The molecule has 5 atom stereocenters. The summed E-state index contributed by atoms with van der Waals surface area (Å²) in [5.41, 5.74) is 0.786. The average Bonchev–Trinajstić information content (AvgIpc) is 2.72. The molecule has 3 rings (SSSR count). The van der Waals surface area contributed by atoms with Crippen LogP contribution in [0, 0.1) is 17.7 Å². The molecule has 21 heavy (non-hydrogen) atoms. The number of rotatable bonds is 2. The first-order valence-corrected chi connectivity index (χ1v) is 7.51. The topological polar surface area (TPSA) is 29.5 Å². The normalized spacial score (nSPS) is 30.7. The second-order valence-electron chi connectivity index (χ2n) is 6.11. The van der Waals surface area contributed by atoms with E-state index in [2.05, 4.69) is 6.92 Å². The summed E-state index contributed by atoms with van der Waals surface area (Å²) in [6.45, 7) is 6.14. The Morgan fingerprint density at radius 1 is 1.00 bits per heavy atom. The molecule has 2 aromatic carbocycles. The summed E-state index contributed by atoms with van der Waals surface area (Å²) in [4.78, 5) is 0. The summed E-state index contributed by atoms with van der Waals surface area (Å²) in [5, 5.41) is 12.2. The lowest BCUT2D eigenvalue weighted by atomic mass is 9.81. The van der Waals surface area contributed by atoms with Gasteiger partial charge in [0.25, 0.3) is 0 Å². The lowest BCUT2D eigenvalue weighted by molar-refractivity contribution is 0.0235. The molecular formula is C18H21FO2. The maximum absolute atomic E-state index is 13.9. The second kappa shape index (κ2) is 5.39. The maximum Gasteiger partial charge on any atom is 0.131 e. The van der Waals surface area contributed by atoms with Gasteiger partial charge in [-0.15, -0.1) is 0 Å². The molecule has 112 valence electrons. The van der Waals surface area contributed by atoms with E-state index in [1.165, 1.54) is 6.07 Å². The van der Waals surface area contributed by atoms with Crippen LogP contribution >= 0.6 is 0 Å². The maximum atomic E-state index is 13.9. The van der Waals surface area contributed by atoms with Crippen molar-refractivity contribution < 1.29 is 14.2 Å². The molecule has 0 saturated carbocycles. The summed E-state index contributed by atoms with van der Waals surface area (Å²) in [6, 6.07) is 10.4. The van der Waals surface area contributed by atoms with Crippen molar-refractivity contribution in [3.05, 3.63) is 47.8 Å². The zero-order valence-corrected chi connectivity index (χ0v) is 12.6. The van der Waals surface area contributed by atoms with E-state index in [4.69, 9.17) is 4.74 Å². The van der Waals surface area contributed by atoms with Gasteiger partial charge in [0.05, 0.1) is 18.3 Å². The van der Waals surface area contributed by atoms with E-state index in [0.29, 0.717) is 5.39 Å². The minimum absolute atomic E-state index is 0.00573. The predicted molar refractivity (Wildman–Crippen MR) is 81.5 cm³/mol. The highest BCUT2D eigenvalue weighted by molar-refractivity contribution is 5.86. The smallest absolute Gasteiger partial charge is 0.131 e. The molecule has 1 saturated heterocycles. The molecule has 0 aliphatic carbocycles. The number of fused-ring (bicyclic) bond motifs is 1. The van der Waals surface area contributed by atoms with Crippen LogP contribution in [0.4, 0.5) is 4.39 Å². The van der Waals surface area contributed by atoms with Crippen molar-refractivity contribution in [2.45, 2.75) is 39.1 Å². The molecule has 0 amide bonds. The third-order valence-corrected chi connectivity index (χ3v) is 4.91. The van der Waals surface area contributed by atoms with Gasteiger partial charge < -0.3 is 9.84 Å². The van der Waals surface area contributed by atoms with E-state index in [-0.39, 0.29) is 29.9 Å². The predicted octanol–water partition coefficient (Wildman–Crippen LogP) is 4.07. The van der Waals surface area contributed by atoms with Gasteiger partial charge in [-0.25, -0.2) is 4.39 Å². The lowest BCUT2D eigenvalue weighted by Crippen LogP contribution is -2.25. The zero-order chi connectivity index (χ0) is 15.1. The Kier molecular flexibility index (Phi) is 3.72. The van der Waals surface area contributed by atoms with E-state index in [1.54, 1.807) is 12.1 Å². The van der Waals surface area contributed by atoms with Crippen LogP contribution in [-0.2, 0) is 4.74 Å². The third kappa shape index (κ3) is 2.34. The number of aliphatic hydroxyl groups is 1. The van der Waals surface area contributed by atoms with Crippen molar-refractivity contribution in [1.82, 2.24) is 0 Å². The Morgan fingerprint density at radius 3 is 2.29 bits per heavy atom. The van der Waals surface area contributed by atoms with Crippen molar-refractivity contribution in [2.24, 2.45) is 11.8 Å². The second-order valence-corrected chi connectivity index (χ2v) is 6.11. The lowest BCUT2D eigenvalue weighted by Gasteiger charge is -2.26. The van der Waals surface area contributed by atoms with Gasteiger partial charge in [-0.3, -0.25) is 0 Å². The zero-order valence-electron chi connectivity index (χ0n) is 12.6. The van der Waals surface area contributed by atoms with E-state index in [9.17, 15) is 9.50 Å². The van der Waals surface area contributed by atoms with E-state index >= 15 is 0 Å². The Balaban J connectivity index is 2.06. The molecule has 0 aromatic heterocycles. The molecule has 0 radical (unpaired) electrons. The fourth-order valence-electron chi connectivity index (χ4n) is 3.59. The molecule has 1 heterocycles. The fourth-order valence-corrected chi connectivity index (χ4v) is 3.59. The highest BCUT2D eigenvalue weighted by Gasteiger charge is 2.42. The molecule has 1 aliphatic heterocycles. The average molecular weight is 288 g/mol. The summed E-state index contributed by atoms with van der Waals surface area (Å²) in [7, 11) is 0. The highest BCUT2D eigenvalue weighted by atomic mass is 19.1. The minimum Gasteiger partial charge on any atom is -0.388 e. The first-order chi connectivity index (χ1) is 10.0. The van der Waals surface area contributed by atoms with Crippen molar-refractivity contribution in [3.63, 3.8) is 0 Å². The minimum atomic E-state index is -0.648. The molecule has 2 aromatic rings. The molecule has 5 unspecified atom stereocenters. The van der Waals surface area contributed by atoms with Crippen LogP contribution in [0.1, 0.15) is 32.4 Å². The Morgan fingerprint density at radius 2 is 1.67 bits per heavy atom. The Labute approximate surface area is 124 Å². The van der Waals surface area contributed by atoms with Gasteiger partial charge in [0.15, 0.2) is 0 Å². The largest absolute Gasteiger partial charge is 0.388 e. The van der Waals surface area contributed by atoms with Gasteiger partial charge in [-0.05, 0) is 36.8 Å². The quantitative estimate of drug-likeness (QED) is 0.902. The Hall–Kier alpha value is -1.45. The van der Waals surface area contributed by atoms with Gasteiger partial charge in [0.1, 0.15) is 5.82 Å². The number of halogens is 1. The fraction of sp³-hybridized carbons (Fsp3) is 0.444. The number of hydrogen-bond donors (Lipinski definition) is 1. The monoisotopic (exact) mass is 288 g/mol. The molecule has 2 nitrogen and oxygen atoms in total. The molecule has 1 aliphatic rings. The standard InChI is InChI=1S/C18H21FO2/c1-10-11(2)21-12(3)17(10)18(20)15-8-9-16(19)14-7-5-4-6-13(14)15/h4-12,17-18,20H,1-3H3. The van der Waals surface area contributed by atoms with Crippen LogP contribution in [0.5, 0.6) is 0 Å². The summed E-state index contributed by atoms with van der Waals surface area (Å²) < 4.78 is 19.7. The van der Waals surface area contributed by atoms with E-state index in [0.717, 1.165) is 10.9 Å². The number of benzene rings is 2. The van der Waals surface area contributed by atoms with E-state index < -0.39 is 6.10 Å². The van der Waals surface area contributed by atoms with Crippen LogP contribution in [0.15, 0.2) is 36.4 Å². The summed E-state index contributed by atoms with van der Waals surface area (Å²) in [5.74, 6) is 0.0337. The first-order valence-electron chi connectivity index (χ1n) is 7.51. The van der Waals surface area contributed by atoms with Gasteiger partial charge in [-0.1, -0.05) is 37.3 Å². The van der Waals surface area contributed by atoms with Gasteiger partial charge in [0, 0.05) is 11.3 Å². The molecule has 1 N–H and O–H groups in total. The molecule has 0 spiro atoms. The summed E-state index contributed by atoms with van der Waals surface area (Å²) in [6.07, 6.45) is -0.523. The molecule has 3 heteroatoms.